The molecule has 24 heteroatoms. The molecule has 0 aliphatic carbocycles. The van der Waals surface area contributed by atoms with Crippen molar-refractivity contribution in [2.24, 2.45) is 50.3 Å². The van der Waals surface area contributed by atoms with E-state index in [1.807, 2.05) is 0 Å². The first kappa shape index (κ1) is 48.2. The van der Waals surface area contributed by atoms with Gasteiger partial charge in [-0.05, 0) is 50.9 Å². The minimum atomic E-state index is -1.55. The second-order valence-electron chi connectivity index (χ2n) is 13.4. The van der Waals surface area contributed by atoms with Crippen molar-refractivity contribution < 1.29 is 48.6 Å². The second-order valence-corrected chi connectivity index (χ2v) is 13.4. The van der Waals surface area contributed by atoms with Gasteiger partial charge in [-0.3, -0.25) is 43.5 Å². The molecule has 0 bridgehead atoms. The van der Waals surface area contributed by atoms with Crippen LogP contribution in [-0.2, 0) is 38.4 Å². The van der Waals surface area contributed by atoms with Crippen LogP contribution in [-0.4, -0.2) is 143 Å². The summed E-state index contributed by atoms with van der Waals surface area (Å²) in [5.74, 6) is -7.54. The lowest BCUT2D eigenvalue weighted by atomic mass is 10.0. The zero-order chi connectivity index (χ0) is 42.5. The van der Waals surface area contributed by atoms with Gasteiger partial charge in [0.15, 0.2) is 11.9 Å². The van der Waals surface area contributed by atoms with Crippen molar-refractivity contribution in [2.75, 3.05) is 32.8 Å². The summed E-state index contributed by atoms with van der Waals surface area (Å²) >= 11 is 0. The average Bonchev–Trinajstić information content (AvgIpc) is 3.62. The number of hydrogen-bond acceptors (Lipinski definition) is 12. The number of aliphatic carboxylic acids is 1. The summed E-state index contributed by atoms with van der Waals surface area (Å²) in [6.45, 7) is 2.13. The zero-order valence-electron chi connectivity index (χ0n) is 31.7. The molecule has 19 N–H and O–H groups in total. The molecule has 1 aliphatic heterocycles. The number of carbonyl (C=O) groups excluding carboxylic acids is 7. The Kier molecular flexibility index (Phi) is 21.2. The van der Waals surface area contributed by atoms with Crippen molar-refractivity contribution in [1.29, 1.82) is 0 Å². The zero-order valence-corrected chi connectivity index (χ0v) is 31.7. The predicted molar refractivity (Wildman–Crippen MR) is 201 cm³/mol. The standard InChI is InChI=1S/C32H58N14O10/c1-16(2)24(34)28(53)44-18(7-4-12-40-32(37)38)26(51)43-17(6-3-11-39-31(35)36)25(50)41-14-23(49)42-20(15-47)29(54)46-13-5-8-21(46)27(52)45-19(30(55)56)9-10-22(33)48/h16-21,24,47H,3-15,34H2,1-2H3,(H2,33,48)(H,41,50)(H,42,49)(H,43,51)(H,44,53)(H,45,52)(H,55,56)(H4,35,36,39)(H4,37,38,40)/t17-,18-,19-,20-,21-,24-/m0/s1. The normalized spacial score (nSPS) is 16.2. The molecule has 1 rings (SSSR count). The number of likely N-dealkylation sites (tertiary alicyclic amines) is 1. The molecule has 1 fully saturated rings. The van der Waals surface area contributed by atoms with Gasteiger partial charge in [0.2, 0.25) is 41.4 Å². The lowest BCUT2D eigenvalue weighted by Crippen LogP contribution is -2.58. The number of carboxylic acid groups (broad SMARTS) is 1. The van der Waals surface area contributed by atoms with Crippen LogP contribution in [0.5, 0.6) is 0 Å². The molecule has 24 nitrogen and oxygen atoms in total. The second kappa shape index (κ2) is 24.6. The van der Waals surface area contributed by atoms with Crippen LogP contribution in [0.2, 0.25) is 0 Å². The first-order valence-corrected chi connectivity index (χ1v) is 18.1. The summed E-state index contributed by atoms with van der Waals surface area (Å²) in [4.78, 5) is 110. The summed E-state index contributed by atoms with van der Waals surface area (Å²) in [5, 5.41) is 31.5. The Hall–Kier alpha value is -5.78. The van der Waals surface area contributed by atoms with E-state index in [9.17, 15) is 48.6 Å². The molecule has 0 saturated carbocycles. The van der Waals surface area contributed by atoms with Crippen LogP contribution in [0.3, 0.4) is 0 Å². The van der Waals surface area contributed by atoms with Crippen molar-refractivity contribution in [3.63, 3.8) is 0 Å². The molecule has 316 valence electrons. The molecule has 7 amide bonds. The monoisotopic (exact) mass is 798 g/mol. The molecule has 0 unspecified atom stereocenters. The number of guanidine groups is 2. The van der Waals surface area contributed by atoms with Gasteiger partial charge >= 0.3 is 5.97 Å². The molecule has 0 aromatic rings. The summed E-state index contributed by atoms with van der Waals surface area (Å²) in [5.41, 5.74) is 32.6. The minimum absolute atomic E-state index is 0.0163. The molecule has 0 radical (unpaired) electrons. The number of nitrogens with two attached hydrogens (primary N) is 6. The number of amides is 7. The van der Waals surface area contributed by atoms with Gasteiger partial charge in [-0.1, -0.05) is 13.8 Å². The number of primary amides is 1. The summed E-state index contributed by atoms with van der Waals surface area (Å²) in [6, 6.07) is -7.49. The van der Waals surface area contributed by atoms with E-state index < -0.39 is 96.7 Å². The van der Waals surface area contributed by atoms with E-state index >= 15 is 0 Å². The third-order valence-electron chi connectivity index (χ3n) is 8.55. The number of nitrogens with zero attached hydrogens (tertiary/aromatic N) is 3. The maximum Gasteiger partial charge on any atom is 0.326 e. The average molecular weight is 799 g/mol. The Morgan fingerprint density at radius 3 is 1.80 bits per heavy atom. The minimum Gasteiger partial charge on any atom is -0.480 e. The molecule has 0 spiro atoms. The Bertz CT molecular complexity index is 1450. The first-order chi connectivity index (χ1) is 26.3. The maximum atomic E-state index is 13.5. The molecule has 1 saturated heterocycles. The molecule has 0 aromatic carbocycles. The van der Waals surface area contributed by atoms with E-state index in [-0.39, 0.29) is 82.4 Å². The highest BCUT2D eigenvalue weighted by Gasteiger charge is 2.39. The van der Waals surface area contributed by atoms with Crippen LogP contribution in [0.15, 0.2) is 9.98 Å². The van der Waals surface area contributed by atoms with Gasteiger partial charge in [0.05, 0.1) is 19.2 Å². The molecular weight excluding hydrogens is 740 g/mol. The molecule has 1 heterocycles. The third-order valence-corrected chi connectivity index (χ3v) is 8.55. The van der Waals surface area contributed by atoms with Crippen LogP contribution in [0, 0.1) is 5.92 Å². The van der Waals surface area contributed by atoms with Gasteiger partial charge < -0.3 is 76.1 Å². The van der Waals surface area contributed by atoms with Crippen molar-refractivity contribution in [3.05, 3.63) is 0 Å². The van der Waals surface area contributed by atoms with Crippen LogP contribution < -0.4 is 61.0 Å². The van der Waals surface area contributed by atoms with Gasteiger partial charge in [-0.25, -0.2) is 4.79 Å². The maximum absolute atomic E-state index is 13.5. The highest BCUT2D eigenvalue weighted by molar-refractivity contribution is 5.96. The van der Waals surface area contributed by atoms with E-state index in [4.69, 9.17) is 34.4 Å². The number of aliphatic hydroxyl groups excluding tert-OH is 1. The van der Waals surface area contributed by atoms with Crippen molar-refractivity contribution >= 4 is 59.2 Å². The van der Waals surface area contributed by atoms with Gasteiger partial charge in [-0.2, -0.15) is 0 Å². The lowest BCUT2D eigenvalue weighted by Gasteiger charge is -2.29. The van der Waals surface area contributed by atoms with Crippen molar-refractivity contribution in [3.8, 4) is 0 Å². The predicted octanol–water partition coefficient (Wildman–Crippen LogP) is -6.53. The van der Waals surface area contributed by atoms with Gasteiger partial charge in [0.25, 0.3) is 0 Å². The topological polar surface area (TPSA) is 421 Å². The number of carbonyl (C=O) groups is 8. The van der Waals surface area contributed by atoms with Crippen LogP contribution in [0.4, 0.5) is 0 Å². The lowest BCUT2D eigenvalue weighted by molar-refractivity contribution is -0.145. The summed E-state index contributed by atoms with van der Waals surface area (Å²) < 4.78 is 0. The molecular formula is C32H58N14O10. The van der Waals surface area contributed by atoms with Crippen molar-refractivity contribution in [1.82, 2.24) is 31.5 Å². The van der Waals surface area contributed by atoms with E-state index in [1.165, 1.54) is 0 Å². The van der Waals surface area contributed by atoms with Crippen LogP contribution in [0.25, 0.3) is 0 Å². The fourth-order valence-corrected chi connectivity index (χ4v) is 5.42. The van der Waals surface area contributed by atoms with Gasteiger partial charge in [0, 0.05) is 26.1 Å². The van der Waals surface area contributed by atoms with E-state index in [2.05, 4.69) is 36.6 Å². The van der Waals surface area contributed by atoms with Crippen molar-refractivity contribution in [2.45, 2.75) is 101 Å². The van der Waals surface area contributed by atoms with E-state index in [0.29, 0.717) is 6.42 Å². The number of nitrogens with one attached hydrogen (secondary N) is 5. The Balaban J connectivity index is 3.04. The fourth-order valence-electron chi connectivity index (χ4n) is 5.42. The Morgan fingerprint density at radius 1 is 0.750 bits per heavy atom. The van der Waals surface area contributed by atoms with E-state index in [0.717, 1.165) is 4.90 Å². The fraction of sp³-hybridized carbons (Fsp3) is 0.688. The quantitative estimate of drug-likeness (QED) is 0.0232. The van der Waals surface area contributed by atoms with E-state index in [1.54, 1.807) is 13.8 Å². The SMILES string of the molecule is CC(C)[C@H](N)C(=O)N[C@@H](CCCN=C(N)N)C(=O)N[C@@H](CCCN=C(N)N)C(=O)NCC(=O)N[C@@H](CO)C(=O)N1CCC[C@H]1C(=O)N[C@@H](CCC(N)=O)C(=O)O. The number of hydrogen-bond donors (Lipinski definition) is 13. The van der Waals surface area contributed by atoms with Crippen LogP contribution in [0.1, 0.15) is 65.2 Å². The smallest absolute Gasteiger partial charge is 0.326 e. The largest absolute Gasteiger partial charge is 0.480 e. The van der Waals surface area contributed by atoms with Crippen LogP contribution >= 0.6 is 0 Å². The molecule has 56 heavy (non-hydrogen) atoms. The number of aliphatic hydroxyl groups is 1. The highest BCUT2D eigenvalue weighted by Crippen LogP contribution is 2.19. The Labute approximate surface area is 323 Å². The molecule has 0 aromatic heterocycles. The Morgan fingerprint density at radius 2 is 1.30 bits per heavy atom. The first-order valence-electron chi connectivity index (χ1n) is 18.1. The molecule has 1 aliphatic rings. The summed E-state index contributed by atoms with van der Waals surface area (Å²) in [6.07, 6.45) is 0.445. The number of rotatable bonds is 25. The summed E-state index contributed by atoms with van der Waals surface area (Å²) in [7, 11) is 0. The van der Waals surface area contributed by atoms with Gasteiger partial charge in [0.1, 0.15) is 30.2 Å². The van der Waals surface area contributed by atoms with Gasteiger partial charge in [-0.15, -0.1) is 0 Å². The molecule has 6 atom stereocenters. The highest BCUT2D eigenvalue weighted by atomic mass is 16.4. The number of aliphatic imine (C=N–C) groups is 2. The number of carboxylic acids is 1. The third kappa shape index (κ3) is 17.6.